The molecule has 0 atom stereocenters. The molecule has 0 bridgehead atoms. The number of aromatic nitrogens is 2. The summed E-state index contributed by atoms with van der Waals surface area (Å²) < 4.78 is 71.4. The highest BCUT2D eigenvalue weighted by atomic mass is 32.2. The van der Waals surface area contributed by atoms with E-state index in [0.717, 1.165) is 15.6 Å². The minimum atomic E-state index is -2.33. The van der Waals surface area contributed by atoms with Gasteiger partial charge in [0.05, 0.1) is 10.7 Å². The largest absolute Gasteiger partial charge is 0.373 e. The molecule has 38 heavy (non-hydrogen) atoms. The summed E-state index contributed by atoms with van der Waals surface area (Å²) in [5.41, 5.74) is 1.12. The van der Waals surface area contributed by atoms with E-state index in [4.69, 9.17) is 0 Å². The van der Waals surface area contributed by atoms with Crippen LogP contribution in [0.3, 0.4) is 0 Å². The van der Waals surface area contributed by atoms with Crippen molar-refractivity contribution in [3.05, 3.63) is 112 Å². The Hall–Kier alpha value is -3.70. The van der Waals surface area contributed by atoms with Crippen molar-refractivity contribution in [1.82, 2.24) is 4.98 Å². The summed E-state index contributed by atoms with van der Waals surface area (Å²) in [6.45, 7) is 1.75. The molecule has 0 radical (unpaired) electrons. The van der Waals surface area contributed by atoms with Gasteiger partial charge < -0.3 is 4.90 Å². The van der Waals surface area contributed by atoms with E-state index in [9.17, 15) is 26.7 Å². The quantitative estimate of drug-likeness (QED) is 0.0685. The number of carbonyl (C=O) groups excluding carboxylic acids is 1. The lowest BCUT2D eigenvalue weighted by Gasteiger charge is -2.13. The Labute approximate surface area is 222 Å². The number of rotatable bonds is 4. The van der Waals surface area contributed by atoms with Crippen LogP contribution in [0.5, 0.6) is 0 Å². The third-order valence-electron chi connectivity index (χ3n) is 5.78. The molecule has 2 heterocycles. The molecule has 0 fully saturated rings. The van der Waals surface area contributed by atoms with Crippen LogP contribution in [0.15, 0.2) is 75.7 Å². The fraction of sp³-hybridized carbons (Fsp3) is 0.0741. The smallest absolute Gasteiger partial charge is 0.338 e. The Kier molecular flexibility index (Phi) is 6.97. The van der Waals surface area contributed by atoms with Crippen molar-refractivity contribution in [3.63, 3.8) is 0 Å². The van der Waals surface area contributed by atoms with E-state index in [1.165, 1.54) is 11.8 Å². The molecule has 1 aliphatic heterocycles. The molecule has 0 N–H and O–H groups in total. The number of hydrogen-bond acceptors (Lipinski definition) is 5. The Balaban J connectivity index is 1.61. The monoisotopic (exact) mass is 558 g/mol. The van der Waals surface area contributed by atoms with Crippen molar-refractivity contribution in [2.24, 2.45) is 0 Å². The van der Waals surface area contributed by atoms with E-state index in [2.05, 4.69) is 4.98 Å². The van der Waals surface area contributed by atoms with Gasteiger partial charge >= 0.3 is 5.16 Å². The van der Waals surface area contributed by atoms with Crippen LogP contribution in [-0.4, -0.2) is 17.1 Å². The van der Waals surface area contributed by atoms with Crippen molar-refractivity contribution in [2.75, 3.05) is 11.9 Å². The summed E-state index contributed by atoms with van der Waals surface area (Å²) in [6.07, 6.45) is 1.79. The number of aryl methyl sites for hydroxylation is 1. The fourth-order valence-electron chi connectivity index (χ4n) is 3.95. The molecule has 1 aliphatic rings. The van der Waals surface area contributed by atoms with Gasteiger partial charge in [-0.1, -0.05) is 42.1 Å². The molecule has 192 valence electrons. The zero-order valence-electron chi connectivity index (χ0n) is 19.8. The second kappa shape index (κ2) is 10.2. The van der Waals surface area contributed by atoms with Crippen LogP contribution >= 0.6 is 23.5 Å². The van der Waals surface area contributed by atoms with E-state index in [1.807, 2.05) is 36.2 Å². The summed E-state index contributed by atoms with van der Waals surface area (Å²) in [6, 6.07) is 18.3. The number of nitrogens with zero attached hydrogens (tertiary/aromatic N) is 3. The fourth-order valence-corrected chi connectivity index (χ4v) is 5.98. The summed E-state index contributed by atoms with van der Waals surface area (Å²) >= 11 is 1.79. The molecule has 0 saturated heterocycles. The highest BCUT2D eigenvalue weighted by Gasteiger charge is 2.33. The minimum Gasteiger partial charge on any atom is -0.338 e. The van der Waals surface area contributed by atoms with Crippen molar-refractivity contribution < 1.29 is 31.3 Å². The molecule has 4 nitrogen and oxygen atoms in total. The van der Waals surface area contributed by atoms with Gasteiger partial charge in [0.25, 0.3) is 0 Å². The Morgan fingerprint density at radius 1 is 0.921 bits per heavy atom. The Morgan fingerprint density at radius 3 is 2.18 bits per heavy atom. The minimum absolute atomic E-state index is 0.0137. The lowest BCUT2D eigenvalue weighted by molar-refractivity contribution is -0.647. The first-order valence-electron chi connectivity index (χ1n) is 11.1. The first-order chi connectivity index (χ1) is 18.2. The van der Waals surface area contributed by atoms with Crippen LogP contribution in [0.1, 0.15) is 21.7 Å². The molecule has 11 heteroatoms. The molecular formula is C27H17F5N3OS2+. The maximum absolute atomic E-state index is 14.4. The van der Waals surface area contributed by atoms with Crippen LogP contribution in [0.4, 0.5) is 27.6 Å². The Bertz CT molecular complexity index is 1600. The summed E-state index contributed by atoms with van der Waals surface area (Å²) in [5.74, 6) is -11.1. The lowest BCUT2D eigenvalue weighted by atomic mass is 10.2. The SMILES string of the molecule is Cc1cc(/C=C2\Sc3ccccc3N2C)nc(SC(=O)c2c(F)c(F)c(F)c(F)c2F)[n+]1-c1ccccc1. The molecule has 0 unspecified atom stereocenters. The van der Waals surface area contributed by atoms with Gasteiger partial charge in [-0.15, -0.1) is 0 Å². The summed E-state index contributed by atoms with van der Waals surface area (Å²) in [7, 11) is 1.90. The van der Waals surface area contributed by atoms with Crippen LogP contribution < -0.4 is 9.47 Å². The number of hydrogen-bond donors (Lipinski definition) is 0. The molecule has 4 aromatic rings. The van der Waals surface area contributed by atoms with Gasteiger partial charge in [0.15, 0.2) is 29.0 Å². The third-order valence-corrected chi connectivity index (χ3v) is 7.79. The zero-order chi connectivity index (χ0) is 27.1. The molecule has 1 aromatic heterocycles. The second-order valence-electron chi connectivity index (χ2n) is 8.22. The standard InChI is InChI=1S/C27H17F5N3OS2/c1-14-12-15(13-19-34(2)17-10-6-7-11-18(17)37-19)33-27(35(14)16-8-4-3-5-9-16)38-26(36)20-21(28)23(30)25(32)24(31)22(20)29/h3-13H,1-2H3/q+1. The number of fused-ring (bicyclic) bond motifs is 1. The van der Waals surface area contributed by atoms with E-state index < -0.39 is 39.8 Å². The molecule has 0 spiro atoms. The van der Waals surface area contributed by atoms with Crippen LogP contribution in [0.25, 0.3) is 11.8 Å². The van der Waals surface area contributed by atoms with Gasteiger partial charge in [-0.05, 0) is 36.2 Å². The summed E-state index contributed by atoms with van der Waals surface area (Å²) in [4.78, 5) is 20.5. The first kappa shape index (κ1) is 25.9. The second-order valence-corrected chi connectivity index (χ2v) is 10.2. The normalized spacial score (nSPS) is 13.8. The van der Waals surface area contributed by atoms with Crippen LogP contribution in [0, 0.1) is 36.0 Å². The first-order valence-corrected chi connectivity index (χ1v) is 12.8. The van der Waals surface area contributed by atoms with Crippen molar-refractivity contribution in [3.8, 4) is 5.69 Å². The maximum Gasteiger partial charge on any atom is 0.373 e. The number of para-hydroxylation sites is 2. The molecule has 3 aromatic carbocycles. The van der Waals surface area contributed by atoms with E-state index in [1.54, 1.807) is 54.0 Å². The predicted molar refractivity (Wildman–Crippen MR) is 136 cm³/mol. The van der Waals surface area contributed by atoms with Crippen molar-refractivity contribution >= 4 is 40.4 Å². The summed E-state index contributed by atoms with van der Waals surface area (Å²) in [5, 5.41) is -0.545. The van der Waals surface area contributed by atoms with Gasteiger partial charge in [-0.25, -0.2) is 22.0 Å². The lowest BCUT2D eigenvalue weighted by Crippen LogP contribution is -2.38. The van der Waals surface area contributed by atoms with Crippen molar-refractivity contribution in [1.29, 1.82) is 0 Å². The topological polar surface area (TPSA) is 37.1 Å². The zero-order valence-corrected chi connectivity index (χ0v) is 21.4. The Morgan fingerprint density at radius 2 is 1.53 bits per heavy atom. The highest BCUT2D eigenvalue weighted by molar-refractivity contribution is 8.13. The predicted octanol–water partition coefficient (Wildman–Crippen LogP) is 6.84. The van der Waals surface area contributed by atoms with Gasteiger partial charge in [0.2, 0.25) is 10.9 Å². The molecular weight excluding hydrogens is 541 g/mol. The number of benzene rings is 3. The third kappa shape index (κ3) is 4.56. The molecule has 0 saturated carbocycles. The number of thioether (sulfide) groups is 2. The maximum atomic E-state index is 14.4. The molecule has 5 rings (SSSR count). The molecule has 0 aliphatic carbocycles. The number of carbonyl (C=O) groups is 1. The van der Waals surface area contributed by atoms with E-state index in [-0.39, 0.29) is 16.9 Å². The molecule has 0 amide bonds. The van der Waals surface area contributed by atoms with E-state index in [0.29, 0.717) is 17.1 Å². The number of anilines is 1. The number of halogens is 5. The highest BCUT2D eigenvalue weighted by Crippen LogP contribution is 2.45. The van der Waals surface area contributed by atoms with E-state index >= 15 is 0 Å². The van der Waals surface area contributed by atoms with Crippen molar-refractivity contribution in [2.45, 2.75) is 17.0 Å². The average molecular weight is 559 g/mol. The van der Waals surface area contributed by atoms with Gasteiger partial charge in [0.1, 0.15) is 16.9 Å². The van der Waals surface area contributed by atoms with Gasteiger partial charge in [0, 0.05) is 35.8 Å². The van der Waals surface area contributed by atoms with Crippen LogP contribution in [-0.2, 0) is 0 Å². The van der Waals surface area contributed by atoms with Gasteiger partial charge in [-0.2, -0.15) is 4.57 Å². The van der Waals surface area contributed by atoms with Gasteiger partial charge in [-0.3, -0.25) is 4.79 Å². The average Bonchev–Trinajstić information content (AvgIpc) is 3.21. The van der Waals surface area contributed by atoms with Crippen LogP contribution in [0.2, 0.25) is 0 Å².